The number of aryl methyl sites for hydroxylation is 2. The summed E-state index contributed by atoms with van der Waals surface area (Å²) in [6, 6.07) is 5.45. The van der Waals surface area contributed by atoms with E-state index in [0.717, 1.165) is 21.9 Å². The predicted octanol–water partition coefficient (Wildman–Crippen LogP) is 5.32. The summed E-state index contributed by atoms with van der Waals surface area (Å²) < 4.78 is 5.82. The van der Waals surface area contributed by atoms with E-state index in [2.05, 4.69) is 23.8 Å². The van der Waals surface area contributed by atoms with E-state index in [1.54, 1.807) is 13.0 Å². The summed E-state index contributed by atoms with van der Waals surface area (Å²) in [7, 11) is 0. The van der Waals surface area contributed by atoms with Crippen molar-refractivity contribution in [3.63, 3.8) is 0 Å². The van der Waals surface area contributed by atoms with Crippen molar-refractivity contribution in [2.45, 2.75) is 33.6 Å². The molecule has 1 aromatic heterocycles. The number of hydrogen-bond acceptors (Lipinski definition) is 3. The number of ether oxygens (including phenoxy) is 1. The molecule has 0 fully saturated rings. The molecule has 20 heavy (non-hydrogen) atoms. The van der Waals surface area contributed by atoms with Crippen molar-refractivity contribution in [3.05, 3.63) is 45.3 Å². The van der Waals surface area contributed by atoms with E-state index in [9.17, 15) is 0 Å². The van der Waals surface area contributed by atoms with E-state index in [-0.39, 0.29) is 0 Å². The highest BCUT2D eigenvalue weighted by atomic mass is 35.5. The molecule has 0 aliphatic heterocycles. The molecular weight excluding hydrogens is 295 g/mol. The average molecular weight is 311 g/mol. The van der Waals surface area contributed by atoms with Crippen LogP contribution in [0, 0.1) is 13.8 Å². The lowest BCUT2D eigenvalue weighted by molar-refractivity contribution is 0.455. The lowest BCUT2D eigenvalue weighted by atomic mass is 10.0. The summed E-state index contributed by atoms with van der Waals surface area (Å²) in [5, 5.41) is 1.12. The van der Waals surface area contributed by atoms with Crippen LogP contribution in [0.15, 0.2) is 18.2 Å². The molecule has 0 bridgehead atoms. The normalized spacial score (nSPS) is 10.9. The molecule has 2 aromatic rings. The van der Waals surface area contributed by atoms with E-state index in [4.69, 9.17) is 27.9 Å². The van der Waals surface area contributed by atoms with Gasteiger partial charge < -0.3 is 4.74 Å². The van der Waals surface area contributed by atoms with Crippen molar-refractivity contribution in [2.24, 2.45) is 0 Å². The third-order valence-corrected chi connectivity index (χ3v) is 3.43. The molecule has 0 amide bonds. The van der Waals surface area contributed by atoms with Gasteiger partial charge in [-0.15, -0.1) is 0 Å². The Hall–Kier alpha value is -1.32. The van der Waals surface area contributed by atoms with E-state index in [1.807, 2.05) is 19.1 Å². The Labute approximate surface area is 128 Å². The molecule has 0 saturated heterocycles. The highest BCUT2D eigenvalue weighted by Gasteiger charge is 2.12. The predicted molar refractivity (Wildman–Crippen MR) is 82.1 cm³/mol. The van der Waals surface area contributed by atoms with Crippen LogP contribution in [0.1, 0.15) is 36.7 Å². The monoisotopic (exact) mass is 310 g/mol. The van der Waals surface area contributed by atoms with Crippen LogP contribution in [-0.2, 0) is 0 Å². The third-order valence-electron chi connectivity index (χ3n) is 2.91. The smallest absolute Gasteiger partial charge is 0.224 e. The largest absolute Gasteiger partial charge is 0.439 e. The van der Waals surface area contributed by atoms with Crippen molar-refractivity contribution >= 4 is 23.2 Å². The van der Waals surface area contributed by atoms with Crippen molar-refractivity contribution in [1.82, 2.24) is 9.97 Å². The van der Waals surface area contributed by atoms with Crippen LogP contribution in [0.2, 0.25) is 10.2 Å². The van der Waals surface area contributed by atoms with Gasteiger partial charge in [-0.3, -0.25) is 0 Å². The van der Waals surface area contributed by atoms with Crippen LogP contribution >= 0.6 is 23.2 Å². The summed E-state index contributed by atoms with van der Waals surface area (Å²) in [4.78, 5) is 8.23. The van der Waals surface area contributed by atoms with Crippen LogP contribution in [0.4, 0.5) is 0 Å². The number of rotatable bonds is 3. The molecule has 0 spiro atoms. The number of halogens is 2. The summed E-state index contributed by atoms with van der Waals surface area (Å²) >= 11 is 12.2. The van der Waals surface area contributed by atoms with Crippen LogP contribution in [0.5, 0.6) is 11.6 Å². The third kappa shape index (κ3) is 3.41. The maximum atomic E-state index is 6.25. The molecule has 0 atom stereocenters. The molecule has 0 radical (unpaired) electrons. The van der Waals surface area contributed by atoms with Gasteiger partial charge in [0.15, 0.2) is 0 Å². The van der Waals surface area contributed by atoms with E-state index in [1.165, 1.54) is 0 Å². The first-order valence-electron chi connectivity index (χ1n) is 6.36. The Kier molecular flexibility index (Phi) is 4.51. The SMILES string of the molecule is Cc1nc(Cl)cc(Oc2cc(C(C)C)c(Cl)cc2C)n1. The van der Waals surface area contributed by atoms with Crippen LogP contribution in [0.25, 0.3) is 0 Å². The van der Waals surface area contributed by atoms with Crippen molar-refractivity contribution < 1.29 is 4.74 Å². The fraction of sp³-hybridized carbons (Fsp3) is 0.333. The van der Waals surface area contributed by atoms with E-state index < -0.39 is 0 Å². The van der Waals surface area contributed by atoms with Crippen molar-refractivity contribution in [1.29, 1.82) is 0 Å². The molecule has 0 unspecified atom stereocenters. The van der Waals surface area contributed by atoms with Gasteiger partial charge in [0.25, 0.3) is 0 Å². The standard InChI is InChI=1S/C15H16Cl2N2O/c1-8(2)11-6-13(9(3)5-12(11)16)20-15-7-14(17)18-10(4)19-15/h5-8H,1-4H3. The molecule has 0 aliphatic carbocycles. The van der Waals surface area contributed by atoms with E-state index >= 15 is 0 Å². The molecule has 1 aromatic carbocycles. The Morgan fingerprint density at radius 1 is 1.05 bits per heavy atom. The zero-order valence-electron chi connectivity index (χ0n) is 11.9. The number of aromatic nitrogens is 2. The Morgan fingerprint density at radius 3 is 2.35 bits per heavy atom. The average Bonchev–Trinajstić information content (AvgIpc) is 2.30. The van der Waals surface area contributed by atoms with Crippen LogP contribution in [-0.4, -0.2) is 9.97 Å². The fourth-order valence-corrected chi connectivity index (χ4v) is 2.54. The summed E-state index contributed by atoms with van der Waals surface area (Å²) in [6.07, 6.45) is 0. The molecule has 2 rings (SSSR count). The quantitative estimate of drug-likeness (QED) is 0.720. The second-order valence-electron chi connectivity index (χ2n) is 4.97. The number of benzene rings is 1. The number of nitrogens with zero attached hydrogens (tertiary/aromatic N) is 2. The van der Waals surface area contributed by atoms with Gasteiger partial charge in [0.2, 0.25) is 5.88 Å². The van der Waals surface area contributed by atoms with Gasteiger partial charge in [-0.05, 0) is 43.0 Å². The van der Waals surface area contributed by atoms with Crippen LogP contribution in [0.3, 0.4) is 0 Å². The summed E-state index contributed by atoms with van der Waals surface area (Å²) in [5.74, 6) is 2.05. The van der Waals surface area contributed by atoms with E-state index in [0.29, 0.717) is 22.8 Å². The second-order valence-corrected chi connectivity index (χ2v) is 5.77. The highest BCUT2D eigenvalue weighted by molar-refractivity contribution is 6.31. The molecule has 106 valence electrons. The first kappa shape index (κ1) is 15.1. The summed E-state index contributed by atoms with van der Waals surface area (Å²) in [5.41, 5.74) is 2.00. The first-order chi connectivity index (χ1) is 9.36. The van der Waals surface area contributed by atoms with Gasteiger partial charge in [-0.1, -0.05) is 37.0 Å². The van der Waals surface area contributed by atoms with Gasteiger partial charge in [-0.25, -0.2) is 4.98 Å². The Bertz CT molecular complexity index is 622. The second kappa shape index (κ2) is 5.98. The molecule has 0 saturated carbocycles. The van der Waals surface area contributed by atoms with Gasteiger partial charge in [0.1, 0.15) is 16.7 Å². The summed E-state index contributed by atoms with van der Waals surface area (Å²) in [6.45, 7) is 7.89. The Morgan fingerprint density at radius 2 is 1.75 bits per heavy atom. The zero-order valence-corrected chi connectivity index (χ0v) is 13.4. The fourth-order valence-electron chi connectivity index (χ4n) is 1.89. The highest BCUT2D eigenvalue weighted by Crippen LogP contribution is 2.33. The molecule has 1 heterocycles. The lowest BCUT2D eigenvalue weighted by Crippen LogP contribution is -1.97. The zero-order chi connectivity index (χ0) is 14.9. The molecule has 0 N–H and O–H groups in total. The molecular formula is C15H16Cl2N2O. The first-order valence-corrected chi connectivity index (χ1v) is 7.11. The minimum atomic E-state index is 0.321. The van der Waals surface area contributed by atoms with Crippen LogP contribution < -0.4 is 4.74 Å². The van der Waals surface area contributed by atoms with Crippen molar-refractivity contribution in [3.8, 4) is 11.6 Å². The number of hydrogen-bond donors (Lipinski definition) is 0. The molecule has 3 nitrogen and oxygen atoms in total. The maximum Gasteiger partial charge on any atom is 0.224 e. The molecule has 5 heteroatoms. The van der Waals surface area contributed by atoms with Gasteiger partial charge in [0.05, 0.1) is 0 Å². The van der Waals surface area contributed by atoms with Gasteiger partial charge in [-0.2, -0.15) is 4.98 Å². The molecule has 0 aliphatic rings. The topological polar surface area (TPSA) is 35.0 Å². The van der Waals surface area contributed by atoms with Gasteiger partial charge in [0, 0.05) is 11.1 Å². The Balaban J connectivity index is 2.40. The lowest BCUT2D eigenvalue weighted by Gasteiger charge is -2.14. The minimum absolute atomic E-state index is 0.321. The van der Waals surface area contributed by atoms with Crippen molar-refractivity contribution in [2.75, 3.05) is 0 Å². The minimum Gasteiger partial charge on any atom is -0.439 e. The van der Waals surface area contributed by atoms with Gasteiger partial charge >= 0.3 is 0 Å². The maximum absolute atomic E-state index is 6.25.